The smallest absolute Gasteiger partial charge is 0.223 e. The molecule has 90 valence electrons. The number of nitrogens with two attached hydrogens (primary N) is 1. The molecule has 0 radical (unpaired) electrons. The van der Waals surface area contributed by atoms with Gasteiger partial charge in [-0.25, -0.2) is 0 Å². The number of carbonyl (C=O) groups excluding carboxylic acids is 1. The summed E-state index contributed by atoms with van der Waals surface area (Å²) < 4.78 is 0. The lowest BCUT2D eigenvalue weighted by molar-refractivity contribution is -0.126. The quantitative estimate of drug-likeness (QED) is 0.556. The first-order valence-corrected chi connectivity index (χ1v) is 6.15. The Morgan fingerprint density at radius 3 is 2.62 bits per heavy atom. The van der Waals surface area contributed by atoms with Gasteiger partial charge in [-0.3, -0.25) is 4.79 Å². The van der Waals surface area contributed by atoms with Crippen LogP contribution >= 0.6 is 0 Å². The Morgan fingerprint density at radius 2 is 2.06 bits per heavy atom. The summed E-state index contributed by atoms with van der Waals surface area (Å²) in [4.78, 5) is 11.8. The van der Waals surface area contributed by atoms with E-state index in [9.17, 15) is 4.79 Å². The molecule has 0 heterocycles. The molecular formula is C13H22N2O. The molecule has 0 aromatic carbocycles. The third-order valence-electron chi connectivity index (χ3n) is 3.28. The molecule has 0 spiro atoms. The Hall–Kier alpha value is -1.01. The van der Waals surface area contributed by atoms with Crippen LogP contribution < -0.4 is 11.1 Å². The summed E-state index contributed by atoms with van der Waals surface area (Å²) in [5.41, 5.74) is 5.62. The zero-order valence-electron chi connectivity index (χ0n) is 10.1. The second-order valence-corrected chi connectivity index (χ2v) is 4.42. The van der Waals surface area contributed by atoms with Gasteiger partial charge in [0.15, 0.2) is 0 Å². The van der Waals surface area contributed by atoms with Gasteiger partial charge in [0, 0.05) is 18.9 Å². The summed E-state index contributed by atoms with van der Waals surface area (Å²) in [6.45, 7) is 3.26. The Kier molecular flexibility index (Phi) is 5.95. The van der Waals surface area contributed by atoms with Crippen molar-refractivity contribution in [1.29, 1.82) is 0 Å². The molecule has 3 nitrogen and oxygen atoms in total. The SMILES string of the molecule is CC#CCCNC(=O)C1CCC(CN)CC1. The van der Waals surface area contributed by atoms with Crippen molar-refractivity contribution in [2.45, 2.75) is 39.0 Å². The van der Waals surface area contributed by atoms with Crippen LogP contribution in [0.4, 0.5) is 0 Å². The number of hydrogen-bond acceptors (Lipinski definition) is 2. The van der Waals surface area contributed by atoms with Gasteiger partial charge in [-0.05, 0) is 45.1 Å². The first-order valence-electron chi connectivity index (χ1n) is 6.15. The summed E-state index contributed by atoms with van der Waals surface area (Å²) >= 11 is 0. The lowest BCUT2D eigenvalue weighted by Crippen LogP contribution is -2.34. The number of rotatable bonds is 4. The van der Waals surface area contributed by atoms with E-state index in [0.29, 0.717) is 12.5 Å². The van der Waals surface area contributed by atoms with Crippen LogP contribution in [0.25, 0.3) is 0 Å². The van der Waals surface area contributed by atoms with Crippen molar-refractivity contribution in [3.8, 4) is 11.8 Å². The summed E-state index contributed by atoms with van der Waals surface area (Å²) in [6.07, 6.45) is 4.94. The molecule has 1 aliphatic rings. The van der Waals surface area contributed by atoms with Crippen LogP contribution in [-0.2, 0) is 4.79 Å². The van der Waals surface area contributed by atoms with E-state index in [1.807, 2.05) is 6.92 Å². The van der Waals surface area contributed by atoms with E-state index in [2.05, 4.69) is 17.2 Å². The molecule has 0 atom stereocenters. The van der Waals surface area contributed by atoms with Gasteiger partial charge in [0.05, 0.1) is 0 Å². The van der Waals surface area contributed by atoms with E-state index >= 15 is 0 Å². The molecular weight excluding hydrogens is 200 g/mol. The summed E-state index contributed by atoms with van der Waals surface area (Å²) in [6, 6.07) is 0. The van der Waals surface area contributed by atoms with Crippen molar-refractivity contribution in [3.05, 3.63) is 0 Å². The van der Waals surface area contributed by atoms with Crippen LogP contribution in [0.3, 0.4) is 0 Å². The number of carbonyl (C=O) groups is 1. The van der Waals surface area contributed by atoms with Crippen molar-refractivity contribution >= 4 is 5.91 Å². The van der Waals surface area contributed by atoms with Crippen LogP contribution in [0.15, 0.2) is 0 Å². The standard InChI is InChI=1S/C13H22N2O/c1-2-3-4-9-15-13(16)12-7-5-11(10-14)6-8-12/h11-12H,4-10,14H2,1H3,(H,15,16). The van der Waals surface area contributed by atoms with E-state index in [4.69, 9.17) is 5.73 Å². The molecule has 0 unspecified atom stereocenters. The lowest BCUT2D eigenvalue weighted by Gasteiger charge is -2.26. The van der Waals surface area contributed by atoms with E-state index in [0.717, 1.165) is 38.6 Å². The van der Waals surface area contributed by atoms with Gasteiger partial charge >= 0.3 is 0 Å². The predicted octanol–water partition coefficient (Wildman–Crippen LogP) is 1.28. The highest BCUT2D eigenvalue weighted by Crippen LogP contribution is 2.27. The minimum Gasteiger partial charge on any atom is -0.355 e. The molecule has 3 N–H and O–H groups in total. The third kappa shape index (κ3) is 4.24. The van der Waals surface area contributed by atoms with Crippen molar-refractivity contribution in [1.82, 2.24) is 5.32 Å². The zero-order chi connectivity index (χ0) is 11.8. The van der Waals surface area contributed by atoms with Crippen LogP contribution in [-0.4, -0.2) is 19.0 Å². The van der Waals surface area contributed by atoms with Gasteiger partial charge < -0.3 is 11.1 Å². The zero-order valence-corrected chi connectivity index (χ0v) is 10.1. The van der Waals surface area contributed by atoms with Crippen LogP contribution in [0.5, 0.6) is 0 Å². The van der Waals surface area contributed by atoms with Gasteiger partial charge in [-0.2, -0.15) is 0 Å². The van der Waals surface area contributed by atoms with Gasteiger partial charge in [0.25, 0.3) is 0 Å². The molecule has 3 heteroatoms. The molecule has 16 heavy (non-hydrogen) atoms. The van der Waals surface area contributed by atoms with Gasteiger partial charge in [0.1, 0.15) is 0 Å². The third-order valence-corrected chi connectivity index (χ3v) is 3.28. The van der Waals surface area contributed by atoms with E-state index < -0.39 is 0 Å². The molecule has 1 aliphatic carbocycles. The molecule has 0 aliphatic heterocycles. The minimum atomic E-state index is 0.202. The second-order valence-electron chi connectivity index (χ2n) is 4.42. The maximum Gasteiger partial charge on any atom is 0.223 e. The molecule has 1 saturated carbocycles. The molecule has 0 aromatic heterocycles. The Morgan fingerprint density at radius 1 is 1.38 bits per heavy atom. The van der Waals surface area contributed by atoms with Gasteiger partial charge in [-0.15, -0.1) is 11.8 Å². The molecule has 0 aromatic rings. The fourth-order valence-electron chi connectivity index (χ4n) is 2.18. The second kappa shape index (κ2) is 7.29. The molecule has 1 rings (SSSR count). The molecule has 1 amide bonds. The number of amides is 1. The normalized spacial score (nSPS) is 24.4. The van der Waals surface area contributed by atoms with Gasteiger partial charge in [0.2, 0.25) is 5.91 Å². The monoisotopic (exact) mass is 222 g/mol. The van der Waals surface area contributed by atoms with Gasteiger partial charge in [-0.1, -0.05) is 0 Å². The van der Waals surface area contributed by atoms with Crippen LogP contribution in [0, 0.1) is 23.7 Å². The van der Waals surface area contributed by atoms with Crippen molar-refractivity contribution in [3.63, 3.8) is 0 Å². The number of nitrogens with one attached hydrogen (secondary N) is 1. The minimum absolute atomic E-state index is 0.202. The van der Waals surface area contributed by atoms with E-state index in [-0.39, 0.29) is 11.8 Å². The summed E-state index contributed by atoms with van der Waals surface area (Å²) in [7, 11) is 0. The molecule has 0 bridgehead atoms. The average Bonchev–Trinajstić information content (AvgIpc) is 2.34. The maximum absolute atomic E-state index is 11.8. The maximum atomic E-state index is 11.8. The van der Waals surface area contributed by atoms with Crippen LogP contribution in [0.1, 0.15) is 39.0 Å². The Balaban J connectivity index is 2.19. The van der Waals surface area contributed by atoms with Crippen LogP contribution in [0.2, 0.25) is 0 Å². The largest absolute Gasteiger partial charge is 0.355 e. The fraction of sp³-hybridized carbons (Fsp3) is 0.769. The lowest BCUT2D eigenvalue weighted by atomic mass is 9.81. The van der Waals surface area contributed by atoms with Crippen molar-refractivity contribution < 1.29 is 4.79 Å². The summed E-state index contributed by atoms with van der Waals surface area (Å²) in [5.74, 6) is 6.80. The summed E-state index contributed by atoms with van der Waals surface area (Å²) in [5, 5.41) is 2.95. The highest BCUT2D eigenvalue weighted by molar-refractivity contribution is 5.78. The topological polar surface area (TPSA) is 55.1 Å². The Labute approximate surface area is 98.2 Å². The fourth-order valence-corrected chi connectivity index (χ4v) is 2.18. The van der Waals surface area contributed by atoms with E-state index in [1.165, 1.54) is 0 Å². The highest BCUT2D eigenvalue weighted by Gasteiger charge is 2.24. The first kappa shape index (κ1) is 13.1. The highest BCUT2D eigenvalue weighted by atomic mass is 16.1. The molecule has 1 fully saturated rings. The first-order chi connectivity index (χ1) is 7.77. The Bertz CT molecular complexity index is 269. The van der Waals surface area contributed by atoms with E-state index in [1.54, 1.807) is 0 Å². The average molecular weight is 222 g/mol. The van der Waals surface area contributed by atoms with Crippen molar-refractivity contribution in [2.24, 2.45) is 17.6 Å². The number of hydrogen-bond donors (Lipinski definition) is 2. The van der Waals surface area contributed by atoms with Crippen molar-refractivity contribution in [2.75, 3.05) is 13.1 Å². The molecule has 0 saturated heterocycles. The predicted molar refractivity (Wildman–Crippen MR) is 65.6 cm³/mol.